The second kappa shape index (κ2) is 11.4. The summed E-state index contributed by atoms with van der Waals surface area (Å²) < 4.78 is 9.12. The van der Waals surface area contributed by atoms with E-state index in [1.165, 1.54) is 4.90 Å². The first-order chi connectivity index (χ1) is 16.1. The van der Waals surface area contributed by atoms with Crippen LogP contribution in [-0.4, -0.2) is 46.5 Å². The largest absolute Gasteiger partial charge is 0.491 e. The molecule has 2 heterocycles. The second-order valence-electron chi connectivity index (χ2n) is 7.54. The predicted molar refractivity (Wildman–Crippen MR) is 133 cm³/mol. The Kier molecular flexibility index (Phi) is 8.04. The highest BCUT2D eigenvalue weighted by atomic mass is 32.2. The lowest BCUT2D eigenvalue weighted by molar-refractivity contribution is -0.126. The number of carbonyl (C=O) groups excluding carboxylic acids is 2. The zero-order valence-corrected chi connectivity index (χ0v) is 19.9. The van der Waals surface area contributed by atoms with Crippen molar-refractivity contribution in [1.82, 2.24) is 14.6 Å². The molecule has 33 heavy (non-hydrogen) atoms. The van der Waals surface area contributed by atoms with E-state index in [2.05, 4.69) is 27.9 Å². The Hall–Kier alpha value is -2.81. The van der Waals surface area contributed by atoms with Gasteiger partial charge in [-0.1, -0.05) is 42.1 Å². The minimum atomic E-state index is -0.324. The lowest BCUT2D eigenvalue weighted by atomic mass is 10.1. The van der Waals surface area contributed by atoms with Gasteiger partial charge in [-0.25, -0.2) is 0 Å². The number of aryl methyl sites for hydroxylation is 1. The molecule has 170 valence electrons. The molecule has 0 bridgehead atoms. The van der Waals surface area contributed by atoms with E-state index in [0.29, 0.717) is 18.6 Å². The smallest absolute Gasteiger partial charge is 0.289 e. The first-order valence-electron chi connectivity index (χ1n) is 10.7. The van der Waals surface area contributed by atoms with Gasteiger partial charge in [0.05, 0.1) is 11.8 Å². The van der Waals surface area contributed by atoms with E-state index in [9.17, 15) is 9.59 Å². The van der Waals surface area contributed by atoms with Crippen molar-refractivity contribution in [1.29, 1.82) is 0 Å². The number of benzene rings is 2. The summed E-state index contributed by atoms with van der Waals surface area (Å²) in [5.41, 5.74) is 3.29. The quantitative estimate of drug-likeness (QED) is 0.408. The maximum atomic E-state index is 12.3. The number of amides is 2. The summed E-state index contributed by atoms with van der Waals surface area (Å²) in [6.07, 6.45) is 4.87. The fourth-order valence-corrected chi connectivity index (χ4v) is 5.02. The van der Waals surface area contributed by atoms with Gasteiger partial charge in [-0.2, -0.15) is 0 Å². The van der Waals surface area contributed by atoms with E-state index < -0.39 is 0 Å². The molecule has 0 radical (unpaired) electrons. The molecule has 1 unspecified atom stereocenters. The summed E-state index contributed by atoms with van der Waals surface area (Å²) in [5.74, 6) is 0.749. The highest BCUT2D eigenvalue weighted by molar-refractivity contribution is 8.14. The lowest BCUT2D eigenvalue weighted by Gasteiger charge is -2.25. The number of thioether (sulfide) groups is 1. The minimum absolute atomic E-state index is 0.153. The van der Waals surface area contributed by atoms with Gasteiger partial charge in [-0.15, -0.1) is 0 Å². The molecule has 1 aromatic heterocycles. The summed E-state index contributed by atoms with van der Waals surface area (Å²) in [4.78, 5) is 31.3. The zero-order chi connectivity index (χ0) is 23.0. The molecule has 0 spiro atoms. The van der Waals surface area contributed by atoms with Crippen LogP contribution in [0.1, 0.15) is 12.0 Å². The number of ether oxygens (including phenoxy) is 1. The molecule has 1 N–H and O–H groups in total. The first kappa shape index (κ1) is 23.4. The van der Waals surface area contributed by atoms with Crippen LogP contribution in [0.4, 0.5) is 4.79 Å². The molecule has 8 heteroatoms. The van der Waals surface area contributed by atoms with E-state index in [-0.39, 0.29) is 29.5 Å². The summed E-state index contributed by atoms with van der Waals surface area (Å²) in [5, 5.41) is -0.200. The lowest BCUT2D eigenvalue weighted by Crippen LogP contribution is -2.43. The Balaban J connectivity index is 1.43. The van der Waals surface area contributed by atoms with Gasteiger partial charge in [0.25, 0.3) is 5.24 Å². The van der Waals surface area contributed by atoms with Crippen LogP contribution in [0.5, 0.6) is 5.75 Å². The monoisotopic (exact) mass is 479 g/mol. The van der Waals surface area contributed by atoms with E-state index in [1.807, 2.05) is 55.7 Å². The van der Waals surface area contributed by atoms with Gasteiger partial charge in [0.15, 0.2) is 0 Å². The molecule has 2 amide bonds. The van der Waals surface area contributed by atoms with Gasteiger partial charge in [0.1, 0.15) is 12.4 Å². The molecule has 6 nitrogen and oxygen atoms in total. The predicted octanol–water partition coefficient (Wildman–Crippen LogP) is 5.05. The Morgan fingerprint density at radius 2 is 1.97 bits per heavy atom. The first-order valence-corrected chi connectivity index (χ1v) is 12.5. The summed E-state index contributed by atoms with van der Waals surface area (Å²) in [7, 11) is 1.90. The molecule has 1 saturated heterocycles. The van der Waals surface area contributed by atoms with Crippen LogP contribution >= 0.6 is 23.7 Å². The van der Waals surface area contributed by atoms with Gasteiger partial charge < -0.3 is 4.74 Å². The van der Waals surface area contributed by atoms with Crippen molar-refractivity contribution in [2.24, 2.45) is 0 Å². The third-order valence-electron chi connectivity index (χ3n) is 5.32. The molecule has 1 aliphatic heterocycles. The number of imide groups is 1. The minimum Gasteiger partial charge on any atom is -0.491 e. The van der Waals surface area contributed by atoms with Crippen molar-refractivity contribution >= 4 is 34.9 Å². The molecule has 1 aliphatic rings. The van der Waals surface area contributed by atoms with Crippen molar-refractivity contribution in [3.8, 4) is 16.9 Å². The molecule has 4 rings (SSSR count). The molecule has 1 fully saturated rings. The van der Waals surface area contributed by atoms with Crippen LogP contribution in [-0.2, 0) is 11.2 Å². The Morgan fingerprint density at radius 1 is 1.12 bits per heavy atom. The molecule has 2 aromatic carbocycles. The third-order valence-corrected chi connectivity index (χ3v) is 6.85. The number of rotatable bonds is 10. The third kappa shape index (κ3) is 6.16. The number of carbonyl (C=O) groups is 2. The number of nitrogens with one attached hydrogen (secondary N) is 1. The van der Waals surface area contributed by atoms with Crippen LogP contribution in [0, 0.1) is 0 Å². The fourth-order valence-electron chi connectivity index (χ4n) is 3.68. The Bertz CT molecular complexity index is 1080. The van der Waals surface area contributed by atoms with E-state index >= 15 is 0 Å². The van der Waals surface area contributed by atoms with Gasteiger partial charge in [-0.3, -0.25) is 24.2 Å². The molecule has 3 aromatic rings. The van der Waals surface area contributed by atoms with E-state index in [0.717, 1.165) is 33.3 Å². The van der Waals surface area contributed by atoms with E-state index in [1.54, 1.807) is 18.1 Å². The van der Waals surface area contributed by atoms with Crippen LogP contribution in [0.2, 0.25) is 0 Å². The van der Waals surface area contributed by atoms with Crippen LogP contribution in [0.15, 0.2) is 78.0 Å². The molecule has 1 atom stereocenters. The number of hydrogen-bond donors (Lipinski definition) is 1. The van der Waals surface area contributed by atoms with Crippen LogP contribution < -0.4 is 9.46 Å². The van der Waals surface area contributed by atoms with Crippen LogP contribution in [0.25, 0.3) is 11.1 Å². The Labute approximate surface area is 202 Å². The van der Waals surface area contributed by atoms with Gasteiger partial charge in [0.2, 0.25) is 5.91 Å². The molecule has 0 aliphatic carbocycles. The fraction of sp³-hybridized carbons (Fsp3) is 0.240. The van der Waals surface area contributed by atoms with Crippen molar-refractivity contribution in [2.45, 2.75) is 23.8 Å². The molecular formula is C25H25N3O3S2. The molecular weight excluding hydrogens is 454 g/mol. The van der Waals surface area contributed by atoms with Crippen molar-refractivity contribution in [3.05, 3.63) is 78.6 Å². The number of pyridine rings is 1. The van der Waals surface area contributed by atoms with Crippen LogP contribution in [0.3, 0.4) is 0 Å². The van der Waals surface area contributed by atoms with Crippen molar-refractivity contribution in [2.75, 3.05) is 19.4 Å². The average molecular weight is 480 g/mol. The number of hydrogen-bond acceptors (Lipinski definition) is 7. The Morgan fingerprint density at radius 3 is 2.67 bits per heavy atom. The highest BCUT2D eigenvalue weighted by Crippen LogP contribution is 2.27. The van der Waals surface area contributed by atoms with Gasteiger partial charge >= 0.3 is 0 Å². The summed E-state index contributed by atoms with van der Waals surface area (Å²) in [6, 6.07) is 19.8. The standard InChI is InChI=1S/C25H25N3O3S2/c1-26-33-23-6-2-5-20(14-23)19-8-11-22(12-9-19)31-16-21(28-24(29)17-32-25(28)30)10-7-18-4-3-13-27-15-18/h2-6,8-9,11-15,21,26H,7,10,16-17H2,1H3. The highest BCUT2D eigenvalue weighted by Gasteiger charge is 2.36. The SMILES string of the molecule is CNSc1cccc(-c2ccc(OCC(CCc3cccnc3)N3C(=O)CSC3=O)cc2)c1. The average Bonchev–Trinajstić information content (AvgIpc) is 3.18. The number of nitrogens with zero attached hydrogens (tertiary/aromatic N) is 2. The number of aromatic nitrogens is 1. The maximum Gasteiger partial charge on any atom is 0.289 e. The van der Waals surface area contributed by atoms with Crippen molar-refractivity contribution in [3.63, 3.8) is 0 Å². The normalized spacial score (nSPS) is 14.5. The van der Waals surface area contributed by atoms with Gasteiger partial charge in [0, 0.05) is 17.3 Å². The van der Waals surface area contributed by atoms with Gasteiger partial charge in [-0.05, 0) is 78.9 Å². The summed E-state index contributed by atoms with van der Waals surface area (Å²) >= 11 is 2.63. The molecule has 0 saturated carbocycles. The maximum absolute atomic E-state index is 12.3. The van der Waals surface area contributed by atoms with E-state index in [4.69, 9.17) is 4.74 Å². The topological polar surface area (TPSA) is 71.5 Å². The summed E-state index contributed by atoms with van der Waals surface area (Å²) in [6.45, 7) is 0.256. The zero-order valence-electron chi connectivity index (χ0n) is 18.3. The van der Waals surface area contributed by atoms with Crippen molar-refractivity contribution < 1.29 is 14.3 Å². The second-order valence-corrected chi connectivity index (χ2v) is 9.55.